The Kier molecular flexibility index (Phi) is 6.74. The van der Waals surface area contributed by atoms with Gasteiger partial charge < -0.3 is 14.4 Å². The zero-order valence-corrected chi connectivity index (χ0v) is 18.1. The van der Waals surface area contributed by atoms with Gasteiger partial charge in [0.05, 0.1) is 30.8 Å². The lowest BCUT2D eigenvalue weighted by molar-refractivity contribution is 0.122. The summed E-state index contributed by atoms with van der Waals surface area (Å²) in [5.41, 5.74) is 3.48. The van der Waals surface area contributed by atoms with Crippen LogP contribution in [0, 0.1) is 0 Å². The average Bonchev–Trinajstić information content (AvgIpc) is 3.18. The van der Waals surface area contributed by atoms with Gasteiger partial charge in [0.15, 0.2) is 5.75 Å². The molecule has 1 aliphatic rings. The molecule has 1 aliphatic heterocycles. The van der Waals surface area contributed by atoms with Crippen molar-refractivity contribution in [1.29, 1.82) is 0 Å². The third-order valence-corrected chi connectivity index (χ3v) is 5.33. The number of benzene rings is 2. The number of aromatic nitrogens is 2. The second-order valence-electron chi connectivity index (χ2n) is 7.25. The first-order chi connectivity index (χ1) is 15.1. The van der Waals surface area contributed by atoms with E-state index < -0.39 is 6.09 Å². The summed E-state index contributed by atoms with van der Waals surface area (Å²) in [6.45, 7) is 5.27. The van der Waals surface area contributed by atoms with E-state index in [4.69, 9.17) is 21.1 Å². The molecule has 7 nitrogen and oxygen atoms in total. The number of halogens is 1. The minimum absolute atomic E-state index is 0.444. The Labute approximate surface area is 186 Å². The Hall–Kier alpha value is -3.03. The van der Waals surface area contributed by atoms with Gasteiger partial charge in [-0.25, -0.2) is 9.48 Å². The van der Waals surface area contributed by atoms with Crippen molar-refractivity contribution in [2.24, 2.45) is 0 Å². The first kappa shape index (κ1) is 21.2. The van der Waals surface area contributed by atoms with Gasteiger partial charge >= 0.3 is 6.09 Å². The Morgan fingerprint density at radius 2 is 1.77 bits per heavy atom. The largest absolute Gasteiger partial charge is 0.417 e. The number of nitrogens with one attached hydrogen (secondary N) is 1. The topological polar surface area (TPSA) is 68.6 Å². The van der Waals surface area contributed by atoms with Crippen molar-refractivity contribution in [1.82, 2.24) is 9.78 Å². The number of anilines is 2. The number of ether oxygens (including phenoxy) is 2. The van der Waals surface area contributed by atoms with E-state index in [1.807, 2.05) is 48.5 Å². The maximum atomic E-state index is 12.5. The van der Waals surface area contributed by atoms with Crippen molar-refractivity contribution < 1.29 is 14.3 Å². The van der Waals surface area contributed by atoms with Crippen molar-refractivity contribution >= 4 is 29.1 Å². The number of carbonyl (C=O) groups excluding carboxylic acids is 1. The van der Waals surface area contributed by atoms with Crippen LogP contribution in [-0.2, 0) is 11.2 Å². The van der Waals surface area contributed by atoms with Gasteiger partial charge in [0.2, 0.25) is 0 Å². The molecule has 31 heavy (non-hydrogen) atoms. The summed E-state index contributed by atoms with van der Waals surface area (Å²) in [7, 11) is 0. The van der Waals surface area contributed by atoms with Gasteiger partial charge in [0.1, 0.15) is 0 Å². The van der Waals surface area contributed by atoms with Crippen LogP contribution in [0.3, 0.4) is 0 Å². The minimum atomic E-state index is -0.549. The lowest BCUT2D eigenvalue weighted by atomic mass is 10.2. The molecule has 1 N–H and O–H groups in total. The summed E-state index contributed by atoms with van der Waals surface area (Å²) in [5, 5.41) is 7.85. The van der Waals surface area contributed by atoms with E-state index in [9.17, 15) is 4.79 Å². The summed E-state index contributed by atoms with van der Waals surface area (Å²) in [6, 6.07) is 15.1. The van der Waals surface area contributed by atoms with Gasteiger partial charge in [-0.15, -0.1) is 0 Å². The lowest BCUT2D eigenvalue weighted by Crippen LogP contribution is -2.36. The van der Waals surface area contributed by atoms with E-state index in [1.165, 1.54) is 0 Å². The quantitative estimate of drug-likeness (QED) is 0.588. The van der Waals surface area contributed by atoms with E-state index in [-0.39, 0.29) is 0 Å². The molecule has 0 saturated carbocycles. The molecule has 4 rings (SSSR count). The maximum Gasteiger partial charge on any atom is 0.417 e. The molecule has 1 fully saturated rings. The number of morpholine rings is 1. The van der Waals surface area contributed by atoms with Crippen LogP contribution in [0.25, 0.3) is 5.69 Å². The van der Waals surface area contributed by atoms with E-state index in [1.54, 1.807) is 10.9 Å². The summed E-state index contributed by atoms with van der Waals surface area (Å²) in [5.74, 6) is 0.444. The molecule has 3 aromatic rings. The number of hydrogen-bond acceptors (Lipinski definition) is 5. The number of carbonyl (C=O) groups is 1. The monoisotopic (exact) mass is 440 g/mol. The lowest BCUT2D eigenvalue weighted by Gasteiger charge is -2.28. The minimum Gasteiger partial charge on any atom is -0.406 e. The summed E-state index contributed by atoms with van der Waals surface area (Å²) < 4.78 is 12.8. The Bertz CT molecular complexity index is 1010. The second-order valence-corrected chi connectivity index (χ2v) is 7.69. The zero-order chi connectivity index (χ0) is 21.6. The molecule has 2 aromatic carbocycles. The number of hydrogen-bond donors (Lipinski definition) is 1. The van der Waals surface area contributed by atoms with Crippen LogP contribution < -0.4 is 15.0 Å². The molecule has 1 amide bonds. The molecule has 0 aliphatic carbocycles. The molecule has 1 aromatic heterocycles. The first-order valence-electron chi connectivity index (χ1n) is 10.4. The Morgan fingerprint density at radius 1 is 1.10 bits per heavy atom. The van der Waals surface area contributed by atoms with Crippen LogP contribution in [0.2, 0.25) is 5.02 Å². The van der Waals surface area contributed by atoms with Crippen LogP contribution in [0.15, 0.2) is 54.7 Å². The molecule has 1 saturated heterocycles. The predicted molar refractivity (Wildman–Crippen MR) is 122 cm³/mol. The molecule has 0 radical (unpaired) electrons. The summed E-state index contributed by atoms with van der Waals surface area (Å²) in [6.07, 6.45) is 2.63. The summed E-state index contributed by atoms with van der Waals surface area (Å²) >= 11 is 5.99. The van der Waals surface area contributed by atoms with Crippen molar-refractivity contribution in [3.8, 4) is 11.4 Å². The van der Waals surface area contributed by atoms with Gasteiger partial charge in [-0.05, 0) is 55.0 Å². The standard InChI is InChI=1S/C23H25ClN4O3/c1-2-3-21-22(16-25-28(21)20-8-4-17(24)5-9-20)31-23(29)26-18-6-10-19(11-7-18)27-12-14-30-15-13-27/h4-11,16H,2-3,12-15H2,1H3,(H,26,29). The summed E-state index contributed by atoms with van der Waals surface area (Å²) in [4.78, 5) is 14.8. The van der Waals surface area contributed by atoms with Gasteiger partial charge in [0.25, 0.3) is 0 Å². The van der Waals surface area contributed by atoms with Crippen molar-refractivity contribution in [2.75, 3.05) is 36.5 Å². The van der Waals surface area contributed by atoms with Crippen LogP contribution >= 0.6 is 11.6 Å². The van der Waals surface area contributed by atoms with Crippen LogP contribution in [0.1, 0.15) is 19.0 Å². The van der Waals surface area contributed by atoms with Gasteiger partial charge in [-0.1, -0.05) is 24.9 Å². The molecular weight excluding hydrogens is 416 g/mol. The van der Waals surface area contributed by atoms with E-state index in [0.717, 1.165) is 56.2 Å². The highest BCUT2D eigenvalue weighted by Gasteiger charge is 2.17. The van der Waals surface area contributed by atoms with Gasteiger partial charge in [-0.2, -0.15) is 5.10 Å². The fourth-order valence-electron chi connectivity index (χ4n) is 3.54. The number of amides is 1. The van der Waals surface area contributed by atoms with Crippen molar-refractivity contribution in [3.63, 3.8) is 0 Å². The molecule has 162 valence electrons. The fourth-order valence-corrected chi connectivity index (χ4v) is 3.66. The Morgan fingerprint density at radius 3 is 2.45 bits per heavy atom. The fraction of sp³-hybridized carbons (Fsp3) is 0.304. The van der Waals surface area contributed by atoms with Crippen LogP contribution in [0.4, 0.5) is 16.2 Å². The molecule has 0 bridgehead atoms. The van der Waals surface area contributed by atoms with Crippen molar-refractivity contribution in [3.05, 3.63) is 65.4 Å². The predicted octanol–water partition coefficient (Wildman–Crippen LogP) is 4.93. The van der Waals surface area contributed by atoms with Crippen LogP contribution in [-0.4, -0.2) is 42.2 Å². The van der Waals surface area contributed by atoms with Crippen molar-refractivity contribution in [2.45, 2.75) is 19.8 Å². The van der Waals surface area contributed by atoms with E-state index in [2.05, 4.69) is 22.2 Å². The van der Waals surface area contributed by atoms with E-state index >= 15 is 0 Å². The molecule has 2 heterocycles. The number of nitrogens with zero attached hydrogens (tertiary/aromatic N) is 3. The highest BCUT2D eigenvalue weighted by molar-refractivity contribution is 6.30. The average molecular weight is 441 g/mol. The molecule has 8 heteroatoms. The normalized spacial score (nSPS) is 13.8. The van der Waals surface area contributed by atoms with Crippen LogP contribution in [0.5, 0.6) is 5.75 Å². The zero-order valence-electron chi connectivity index (χ0n) is 17.4. The molecular formula is C23H25ClN4O3. The third kappa shape index (κ3) is 5.18. The second kappa shape index (κ2) is 9.85. The smallest absolute Gasteiger partial charge is 0.406 e. The number of rotatable bonds is 6. The highest BCUT2D eigenvalue weighted by Crippen LogP contribution is 2.25. The Balaban J connectivity index is 1.44. The maximum absolute atomic E-state index is 12.5. The van der Waals surface area contributed by atoms with E-state index in [0.29, 0.717) is 16.5 Å². The molecule has 0 unspecified atom stereocenters. The highest BCUT2D eigenvalue weighted by atomic mass is 35.5. The molecule has 0 atom stereocenters. The SMILES string of the molecule is CCCc1c(OC(=O)Nc2ccc(N3CCOCC3)cc2)cnn1-c1ccc(Cl)cc1. The first-order valence-corrected chi connectivity index (χ1v) is 10.8. The third-order valence-electron chi connectivity index (χ3n) is 5.08. The molecule has 0 spiro atoms. The van der Waals surface area contributed by atoms with Gasteiger partial charge in [0, 0.05) is 29.5 Å². The van der Waals surface area contributed by atoms with Gasteiger partial charge in [-0.3, -0.25) is 5.32 Å².